The van der Waals surface area contributed by atoms with Crippen LogP contribution in [-0.2, 0) is 0 Å². The van der Waals surface area contributed by atoms with Gasteiger partial charge in [-0.2, -0.15) is 5.10 Å². The van der Waals surface area contributed by atoms with Gasteiger partial charge in [-0.05, 0) is 18.1 Å². The predicted octanol–water partition coefficient (Wildman–Crippen LogP) is 4.69. The molecule has 2 atom stereocenters. The minimum absolute atomic E-state index is 0.0416. The lowest BCUT2D eigenvalue weighted by molar-refractivity contribution is 0.262. The fourth-order valence-electron chi connectivity index (χ4n) is 5.47. The summed E-state index contributed by atoms with van der Waals surface area (Å²) in [5, 5.41) is 18.3. The molecule has 4 aromatic rings. The van der Waals surface area contributed by atoms with Crippen molar-refractivity contribution in [3.8, 4) is 34.4 Å². The molecule has 38 heavy (non-hydrogen) atoms. The topological polar surface area (TPSA) is 101 Å². The number of benzene rings is 1. The molecule has 2 unspecified atom stereocenters. The number of aromatic nitrogens is 5. The average Bonchev–Trinajstić information content (AvgIpc) is 3.62. The lowest BCUT2D eigenvalue weighted by Gasteiger charge is -2.27. The summed E-state index contributed by atoms with van der Waals surface area (Å²) in [6, 6.07) is 10.5. The molecular formula is C27H21N5O4S2. The number of thioether (sulfide) groups is 2. The Morgan fingerprint density at radius 3 is 2.82 bits per heavy atom. The number of rotatable bonds is 3. The first-order valence-electron chi connectivity index (χ1n) is 12.5. The van der Waals surface area contributed by atoms with Gasteiger partial charge in [-0.3, -0.25) is 4.98 Å². The van der Waals surface area contributed by atoms with E-state index in [9.17, 15) is 0 Å². The average molecular weight is 544 g/mol. The van der Waals surface area contributed by atoms with Crippen molar-refractivity contribution in [2.75, 3.05) is 31.5 Å². The summed E-state index contributed by atoms with van der Waals surface area (Å²) < 4.78 is 23.7. The zero-order valence-electron chi connectivity index (χ0n) is 20.1. The normalized spacial score (nSPS) is 20.6. The van der Waals surface area contributed by atoms with Gasteiger partial charge < -0.3 is 18.9 Å². The standard InChI is InChI=1S/C27H21N5O4S2/c1-2-21-16(18(12-35-21)19-8-22-24(11-28-19)38-13-36-22)7-14(1)15-3-4-34-26-25(15)17(10-29-31-26)20-9-23-27(32-30-20)37-6-5-33-23/h1-2,7-11,15,18H,3-6,12-13H2. The zero-order chi connectivity index (χ0) is 25.1. The largest absolute Gasteiger partial charge is 0.492 e. The maximum atomic E-state index is 6.08. The lowest BCUT2D eigenvalue weighted by atomic mass is 9.83. The molecule has 0 saturated carbocycles. The van der Waals surface area contributed by atoms with Crippen molar-refractivity contribution in [1.29, 1.82) is 0 Å². The molecule has 9 nitrogen and oxygen atoms in total. The van der Waals surface area contributed by atoms with Crippen molar-refractivity contribution in [1.82, 2.24) is 25.4 Å². The summed E-state index contributed by atoms with van der Waals surface area (Å²) in [7, 11) is 0. The molecule has 8 rings (SSSR count). The highest BCUT2D eigenvalue weighted by atomic mass is 32.2. The highest BCUT2D eigenvalue weighted by molar-refractivity contribution is 7.99. The van der Waals surface area contributed by atoms with E-state index >= 15 is 0 Å². The smallest absolute Gasteiger partial charge is 0.237 e. The Kier molecular flexibility index (Phi) is 5.32. The second-order valence-corrected chi connectivity index (χ2v) is 11.4. The van der Waals surface area contributed by atoms with Crippen molar-refractivity contribution < 1.29 is 18.9 Å². The van der Waals surface area contributed by atoms with Crippen molar-refractivity contribution in [2.45, 2.75) is 28.2 Å². The molecule has 7 heterocycles. The first-order chi connectivity index (χ1) is 18.8. The molecule has 1 aromatic carbocycles. The molecule has 0 amide bonds. The van der Waals surface area contributed by atoms with E-state index in [-0.39, 0.29) is 11.8 Å². The van der Waals surface area contributed by atoms with Crippen LogP contribution in [0, 0.1) is 0 Å². The van der Waals surface area contributed by atoms with E-state index in [1.54, 1.807) is 29.7 Å². The molecule has 0 N–H and O–H groups in total. The molecule has 0 spiro atoms. The number of pyridine rings is 1. The van der Waals surface area contributed by atoms with Crippen molar-refractivity contribution in [2.24, 2.45) is 0 Å². The van der Waals surface area contributed by atoms with E-state index in [4.69, 9.17) is 23.9 Å². The Bertz CT molecular complexity index is 1590. The van der Waals surface area contributed by atoms with E-state index in [1.807, 2.05) is 12.3 Å². The number of ether oxygens (including phenoxy) is 4. The quantitative estimate of drug-likeness (QED) is 0.360. The van der Waals surface area contributed by atoms with Crippen LogP contribution in [0.1, 0.15) is 40.6 Å². The van der Waals surface area contributed by atoms with Crippen LogP contribution in [0.4, 0.5) is 0 Å². The van der Waals surface area contributed by atoms with Gasteiger partial charge in [0.25, 0.3) is 0 Å². The molecule has 3 aromatic heterocycles. The molecule has 0 aliphatic carbocycles. The van der Waals surface area contributed by atoms with Crippen LogP contribution in [0.3, 0.4) is 0 Å². The summed E-state index contributed by atoms with van der Waals surface area (Å²) in [6.07, 6.45) is 4.47. The second-order valence-electron chi connectivity index (χ2n) is 9.39. The van der Waals surface area contributed by atoms with Crippen molar-refractivity contribution >= 4 is 23.5 Å². The highest BCUT2D eigenvalue weighted by Gasteiger charge is 2.33. The van der Waals surface area contributed by atoms with Gasteiger partial charge in [0.15, 0.2) is 10.8 Å². The monoisotopic (exact) mass is 543 g/mol. The Morgan fingerprint density at radius 1 is 0.816 bits per heavy atom. The highest BCUT2D eigenvalue weighted by Crippen LogP contribution is 2.47. The van der Waals surface area contributed by atoms with Gasteiger partial charge in [0.1, 0.15) is 24.0 Å². The van der Waals surface area contributed by atoms with E-state index in [1.165, 1.54) is 5.56 Å². The van der Waals surface area contributed by atoms with Gasteiger partial charge in [0, 0.05) is 46.7 Å². The fourth-order valence-corrected chi connectivity index (χ4v) is 6.89. The Morgan fingerprint density at radius 2 is 1.82 bits per heavy atom. The summed E-state index contributed by atoms with van der Waals surface area (Å²) in [4.78, 5) is 5.84. The van der Waals surface area contributed by atoms with Gasteiger partial charge in [-0.25, -0.2) is 0 Å². The Hall–Kier alpha value is -3.57. The number of fused-ring (bicyclic) bond motifs is 4. The molecule has 0 bridgehead atoms. The van der Waals surface area contributed by atoms with Gasteiger partial charge in [-0.1, -0.05) is 35.7 Å². The van der Waals surface area contributed by atoms with E-state index in [0.717, 1.165) is 61.7 Å². The molecule has 190 valence electrons. The molecule has 0 saturated heterocycles. The maximum absolute atomic E-state index is 6.08. The summed E-state index contributed by atoms with van der Waals surface area (Å²) in [6.45, 7) is 1.77. The number of nitrogens with zero attached hydrogens (tertiary/aromatic N) is 5. The third-order valence-corrected chi connectivity index (χ3v) is 9.07. The zero-order valence-corrected chi connectivity index (χ0v) is 21.8. The van der Waals surface area contributed by atoms with Crippen LogP contribution in [0.2, 0.25) is 0 Å². The van der Waals surface area contributed by atoms with Crippen LogP contribution >= 0.6 is 23.5 Å². The van der Waals surface area contributed by atoms with Crippen LogP contribution in [0.15, 0.2) is 52.6 Å². The van der Waals surface area contributed by atoms with Crippen molar-refractivity contribution in [3.05, 3.63) is 65.1 Å². The molecular weight excluding hydrogens is 522 g/mol. The third kappa shape index (κ3) is 3.67. The molecule has 0 radical (unpaired) electrons. The Labute approximate surface area is 226 Å². The Balaban J connectivity index is 1.20. The third-order valence-electron chi connectivity index (χ3n) is 7.29. The number of hydrogen-bond acceptors (Lipinski definition) is 11. The molecule has 11 heteroatoms. The van der Waals surface area contributed by atoms with Gasteiger partial charge in [0.05, 0.1) is 41.6 Å². The number of hydrogen-bond donors (Lipinski definition) is 0. The second kappa shape index (κ2) is 9.02. The maximum Gasteiger partial charge on any atom is 0.237 e. The van der Waals surface area contributed by atoms with Crippen LogP contribution < -0.4 is 18.9 Å². The summed E-state index contributed by atoms with van der Waals surface area (Å²) in [5.41, 5.74) is 5.80. The van der Waals surface area contributed by atoms with Crippen LogP contribution in [0.5, 0.6) is 23.1 Å². The molecule has 4 aliphatic rings. The summed E-state index contributed by atoms with van der Waals surface area (Å²) in [5.74, 6) is 4.70. The van der Waals surface area contributed by atoms with Crippen molar-refractivity contribution in [3.63, 3.8) is 0 Å². The van der Waals surface area contributed by atoms with E-state index < -0.39 is 0 Å². The fraction of sp³-hybridized carbons (Fsp3) is 0.296. The minimum atomic E-state index is 0.0416. The van der Waals surface area contributed by atoms with Crippen LogP contribution in [-0.4, -0.2) is 56.9 Å². The van der Waals surface area contributed by atoms with E-state index in [2.05, 4.69) is 44.7 Å². The lowest BCUT2D eigenvalue weighted by Crippen LogP contribution is -2.18. The minimum Gasteiger partial charge on any atom is -0.492 e. The summed E-state index contributed by atoms with van der Waals surface area (Å²) >= 11 is 3.33. The first kappa shape index (κ1) is 22.4. The molecule has 4 aliphatic heterocycles. The van der Waals surface area contributed by atoms with Crippen LogP contribution in [0.25, 0.3) is 11.3 Å². The predicted molar refractivity (Wildman–Crippen MR) is 141 cm³/mol. The van der Waals surface area contributed by atoms with E-state index in [0.29, 0.717) is 37.3 Å². The van der Waals surface area contributed by atoms with Gasteiger partial charge in [-0.15, -0.1) is 15.3 Å². The first-order valence-corrected chi connectivity index (χ1v) is 14.4. The molecule has 0 fully saturated rings. The SMILES string of the molecule is c1cc2c(cc1C1CCOc3nncc(-c4cc5c(nn4)SCCO5)c31)C(c1cc3c(cn1)SCO3)CO2. The van der Waals surface area contributed by atoms with Gasteiger partial charge in [0.2, 0.25) is 5.88 Å². The van der Waals surface area contributed by atoms with Gasteiger partial charge >= 0.3 is 0 Å².